The quantitative estimate of drug-likeness (QED) is 0.133. The zero-order valence-corrected chi connectivity index (χ0v) is 20.9. The number of urea groups is 1. The first kappa shape index (κ1) is 28.9. The third-order valence-electron chi connectivity index (χ3n) is 6.17. The summed E-state index contributed by atoms with van der Waals surface area (Å²) in [7, 11) is 0. The average Bonchev–Trinajstić information content (AvgIpc) is 2.79. The SMILES string of the molecule is CCCCCCCCCCCCCCCCCCN(CCOc1ccc(O)c(O)c1)C(N)=O. The number of carbonyl (C=O) groups is 1. The van der Waals surface area contributed by atoms with Crippen LogP contribution in [-0.4, -0.2) is 40.8 Å². The maximum atomic E-state index is 11.7. The number of amides is 2. The number of ether oxygens (including phenoxy) is 1. The second-order valence-electron chi connectivity index (χ2n) is 9.13. The summed E-state index contributed by atoms with van der Waals surface area (Å²) in [4.78, 5) is 13.3. The molecule has 2 amide bonds. The summed E-state index contributed by atoms with van der Waals surface area (Å²) in [5.41, 5.74) is 5.48. The minimum atomic E-state index is -0.437. The number of hydrogen-bond acceptors (Lipinski definition) is 4. The molecule has 0 aliphatic rings. The van der Waals surface area contributed by atoms with Crippen LogP contribution in [0.1, 0.15) is 110 Å². The van der Waals surface area contributed by atoms with Gasteiger partial charge in [0.05, 0.1) is 6.54 Å². The molecule has 190 valence electrons. The van der Waals surface area contributed by atoms with Gasteiger partial charge in [-0.2, -0.15) is 0 Å². The first-order chi connectivity index (χ1) is 16.0. The van der Waals surface area contributed by atoms with Crippen LogP contribution in [0.5, 0.6) is 17.2 Å². The number of hydrogen-bond donors (Lipinski definition) is 3. The summed E-state index contributed by atoms with van der Waals surface area (Å²) in [6.45, 7) is 3.59. The molecule has 0 heterocycles. The lowest BCUT2D eigenvalue weighted by Gasteiger charge is -2.20. The van der Waals surface area contributed by atoms with Crippen molar-refractivity contribution in [1.82, 2.24) is 4.90 Å². The molecule has 1 rings (SSSR count). The highest BCUT2D eigenvalue weighted by Gasteiger charge is 2.10. The minimum Gasteiger partial charge on any atom is -0.504 e. The van der Waals surface area contributed by atoms with Gasteiger partial charge < -0.3 is 25.6 Å². The number of nitrogens with zero attached hydrogens (tertiary/aromatic N) is 1. The normalized spacial score (nSPS) is 10.9. The number of benzene rings is 1. The maximum Gasteiger partial charge on any atom is 0.314 e. The van der Waals surface area contributed by atoms with Crippen molar-refractivity contribution in [2.24, 2.45) is 5.73 Å². The molecule has 0 unspecified atom stereocenters. The molecule has 4 N–H and O–H groups in total. The van der Waals surface area contributed by atoms with Crippen LogP contribution < -0.4 is 10.5 Å². The molecule has 6 nitrogen and oxygen atoms in total. The van der Waals surface area contributed by atoms with E-state index in [0.717, 1.165) is 12.8 Å². The molecular formula is C27H48N2O4. The monoisotopic (exact) mass is 464 g/mol. The Morgan fingerprint density at radius 1 is 0.758 bits per heavy atom. The zero-order chi connectivity index (χ0) is 24.2. The van der Waals surface area contributed by atoms with Gasteiger partial charge in [-0.15, -0.1) is 0 Å². The number of phenolic OH excluding ortho intramolecular Hbond substituents is 2. The molecule has 1 aromatic rings. The van der Waals surface area contributed by atoms with Gasteiger partial charge in [0.25, 0.3) is 0 Å². The molecule has 0 aliphatic heterocycles. The van der Waals surface area contributed by atoms with Crippen LogP contribution in [0.2, 0.25) is 0 Å². The first-order valence-corrected chi connectivity index (χ1v) is 13.2. The van der Waals surface area contributed by atoms with E-state index in [-0.39, 0.29) is 18.1 Å². The molecule has 1 aromatic carbocycles. The molecule has 0 aromatic heterocycles. The second-order valence-corrected chi connectivity index (χ2v) is 9.13. The fourth-order valence-corrected chi connectivity index (χ4v) is 4.05. The number of unbranched alkanes of at least 4 members (excludes halogenated alkanes) is 15. The number of aromatic hydroxyl groups is 2. The van der Waals surface area contributed by atoms with E-state index in [4.69, 9.17) is 10.5 Å². The lowest BCUT2D eigenvalue weighted by molar-refractivity contribution is 0.189. The van der Waals surface area contributed by atoms with Crippen LogP contribution in [-0.2, 0) is 0 Å². The van der Waals surface area contributed by atoms with Crippen LogP contribution in [0.15, 0.2) is 18.2 Å². The van der Waals surface area contributed by atoms with Crippen LogP contribution in [0.4, 0.5) is 4.79 Å². The Labute approximate surface area is 201 Å². The Morgan fingerprint density at radius 3 is 1.70 bits per heavy atom. The molecule has 6 heteroatoms. The van der Waals surface area contributed by atoms with Crippen LogP contribution in [0.25, 0.3) is 0 Å². The number of carbonyl (C=O) groups excluding carboxylic acids is 1. The Balaban J connectivity index is 1.94. The summed E-state index contributed by atoms with van der Waals surface area (Å²) in [6.07, 6.45) is 21.1. The van der Waals surface area contributed by atoms with E-state index in [1.807, 2.05) is 0 Å². The van der Waals surface area contributed by atoms with Crippen LogP contribution in [0.3, 0.4) is 0 Å². The summed E-state index contributed by atoms with van der Waals surface area (Å²) in [5, 5.41) is 18.8. The van der Waals surface area contributed by atoms with Gasteiger partial charge in [-0.1, -0.05) is 103 Å². The largest absolute Gasteiger partial charge is 0.504 e. The summed E-state index contributed by atoms with van der Waals surface area (Å²) < 4.78 is 5.53. The van der Waals surface area contributed by atoms with Gasteiger partial charge in [-0.25, -0.2) is 4.79 Å². The van der Waals surface area contributed by atoms with Crippen molar-refractivity contribution in [3.05, 3.63) is 18.2 Å². The third-order valence-corrected chi connectivity index (χ3v) is 6.17. The first-order valence-electron chi connectivity index (χ1n) is 13.2. The Hall–Kier alpha value is -2.11. The molecule has 33 heavy (non-hydrogen) atoms. The Kier molecular flexibility index (Phi) is 17.0. The molecule has 0 fully saturated rings. The highest BCUT2D eigenvalue weighted by atomic mass is 16.5. The highest BCUT2D eigenvalue weighted by Crippen LogP contribution is 2.28. The van der Waals surface area contributed by atoms with Crippen molar-refractivity contribution in [3.8, 4) is 17.2 Å². The van der Waals surface area contributed by atoms with E-state index in [1.165, 1.54) is 102 Å². The molecule has 0 aliphatic carbocycles. The average molecular weight is 465 g/mol. The Morgan fingerprint density at radius 2 is 1.24 bits per heavy atom. The van der Waals surface area contributed by atoms with Gasteiger partial charge in [-0.05, 0) is 18.6 Å². The van der Waals surface area contributed by atoms with Crippen molar-refractivity contribution in [2.45, 2.75) is 110 Å². The number of nitrogens with two attached hydrogens (primary N) is 1. The maximum absolute atomic E-state index is 11.7. The minimum absolute atomic E-state index is 0.190. The van der Waals surface area contributed by atoms with E-state index in [2.05, 4.69) is 6.92 Å². The van der Waals surface area contributed by atoms with Gasteiger partial charge in [0.1, 0.15) is 12.4 Å². The van der Waals surface area contributed by atoms with Crippen molar-refractivity contribution in [2.75, 3.05) is 19.7 Å². The van der Waals surface area contributed by atoms with E-state index < -0.39 is 6.03 Å². The van der Waals surface area contributed by atoms with E-state index >= 15 is 0 Å². The molecule has 0 atom stereocenters. The highest BCUT2D eigenvalue weighted by molar-refractivity contribution is 5.71. The molecule has 0 radical (unpaired) electrons. The van der Waals surface area contributed by atoms with E-state index in [9.17, 15) is 15.0 Å². The lowest BCUT2D eigenvalue weighted by Crippen LogP contribution is -2.39. The smallest absolute Gasteiger partial charge is 0.314 e. The standard InChI is InChI=1S/C27H48N2O4/c1-2-3-4-5-6-7-8-9-10-11-12-13-14-15-16-17-20-29(27(28)32)21-22-33-24-18-19-25(30)26(31)23-24/h18-19,23,30-31H,2-17,20-22H2,1H3,(H2,28,32). The summed E-state index contributed by atoms with van der Waals surface area (Å²) >= 11 is 0. The van der Waals surface area contributed by atoms with Crippen LogP contribution >= 0.6 is 0 Å². The van der Waals surface area contributed by atoms with Crippen molar-refractivity contribution in [3.63, 3.8) is 0 Å². The lowest BCUT2D eigenvalue weighted by atomic mass is 10.0. The van der Waals surface area contributed by atoms with Gasteiger partial charge in [-0.3, -0.25) is 0 Å². The third kappa shape index (κ3) is 15.4. The predicted octanol–water partition coefficient (Wildman–Crippen LogP) is 7.12. The van der Waals surface area contributed by atoms with E-state index in [0.29, 0.717) is 18.8 Å². The fourth-order valence-electron chi connectivity index (χ4n) is 4.05. The zero-order valence-electron chi connectivity index (χ0n) is 20.9. The van der Waals surface area contributed by atoms with Gasteiger partial charge >= 0.3 is 6.03 Å². The molecule has 0 spiro atoms. The van der Waals surface area contributed by atoms with Crippen LogP contribution in [0, 0.1) is 0 Å². The summed E-state index contributed by atoms with van der Waals surface area (Å²) in [6, 6.07) is 3.85. The van der Waals surface area contributed by atoms with Crippen molar-refractivity contribution >= 4 is 6.03 Å². The number of rotatable bonds is 21. The summed E-state index contributed by atoms with van der Waals surface area (Å²) in [5.74, 6) is 0.0224. The number of phenols is 2. The second kappa shape index (κ2) is 19.4. The predicted molar refractivity (Wildman–Crippen MR) is 136 cm³/mol. The van der Waals surface area contributed by atoms with E-state index in [1.54, 1.807) is 11.0 Å². The van der Waals surface area contributed by atoms with Gasteiger partial charge in [0, 0.05) is 12.6 Å². The Bertz CT molecular complexity index is 624. The fraction of sp³-hybridized carbons (Fsp3) is 0.741. The molecule has 0 bridgehead atoms. The molecule has 0 saturated heterocycles. The van der Waals surface area contributed by atoms with Crippen molar-refractivity contribution in [1.29, 1.82) is 0 Å². The van der Waals surface area contributed by atoms with Gasteiger partial charge in [0.15, 0.2) is 11.5 Å². The molecular weight excluding hydrogens is 416 g/mol. The van der Waals surface area contributed by atoms with Crippen molar-refractivity contribution < 1.29 is 19.7 Å². The van der Waals surface area contributed by atoms with Gasteiger partial charge in [0.2, 0.25) is 0 Å². The topological polar surface area (TPSA) is 96.0 Å². The number of primary amides is 1. The molecule has 0 saturated carbocycles.